The molecule has 2 aromatic carbocycles. The number of oxazole rings is 1. The van der Waals surface area contributed by atoms with Gasteiger partial charge in [0.15, 0.2) is 0 Å². The second kappa shape index (κ2) is 8.91. The average Bonchev–Trinajstić information content (AvgIpc) is 3.16. The number of carbonyl (C=O) groups is 1. The Labute approximate surface area is 180 Å². The highest BCUT2D eigenvalue weighted by Crippen LogP contribution is 2.25. The first-order chi connectivity index (χ1) is 14.9. The Morgan fingerprint density at radius 2 is 1.81 bits per heavy atom. The smallest absolute Gasteiger partial charge is 0.364 e. The molecule has 7 heteroatoms. The van der Waals surface area contributed by atoms with Gasteiger partial charge in [0.2, 0.25) is 5.89 Å². The fraction of sp³-hybridized carbons (Fsp3) is 0.333. The molecule has 1 N–H and O–H groups in total. The topological polar surface area (TPSA) is 91.0 Å². The van der Waals surface area contributed by atoms with Crippen LogP contribution in [0.3, 0.4) is 0 Å². The van der Waals surface area contributed by atoms with Gasteiger partial charge in [0, 0.05) is 18.4 Å². The summed E-state index contributed by atoms with van der Waals surface area (Å²) < 4.78 is 22.5. The number of rotatable bonds is 7. The summed E-state index contributed by atoms with van der Waals surface area (Å²) in [5.41, 5.74) is 2.80. The number of carboxylic acid groups (broad SMARTS) is 1. The van der Waals surface area contributed by atoms with Crippen molar-refractivity contribution < 1.29 is 28.5 Å². The van der Waals surface area contributed by atoms with E-state index >= 15 is 0 Å². The molecule has 0 amide bonds. The van der Waals surface area contributed by atoms with E-state index in [9.17, 15) is 4.79 Å². The second-order valence-corrected chi connectivity index (χ2v) is 7.76. The highest BCUT2D eigenvalue weighted by atomic mass is 16.7. The van der Waals surface area contributed by atoms with Crippen LogP contribution in [-0.2, 0) is 27.3 Å². The number of nitrogens with zero attached hydrogens (tertiary/aromatic N) is 1. The van der Waals surface area contributed by atoms with Crippen LogP contribution in [0.5, 0.6) is 5.75 Å². The molecule has 0 saturated carbocycles. The molecule has 162 valence electrons. The molecule has 4 rings (SSSR count). The number of benzene rings is 2. The van der Waals surface area contributed by atoms with Crippen molar-refractivity contribution in [3.05, 3.63) is 71.6 Å². The highest BCUT2D eigenvalue weighted by molar-refractivity contribution is 5.75. The van der Waals surface area contributed by atoms with E-state index in [1.165, 1.54) is 6.92 Å². The molecule has 0 aliphatic carbocycles. The minimum Gasteiger partial charge on any atom is -0.487 e. The Hall–Kier alpha value is -3.16. The Balaban J connectivity index is 1.31. The van der Waals surface area contributed by atoms with E-state index in [1.807, 2.05) is 61.5 Å². The lowest BCUT2D eigenvalue weighted by molar-refractivity contribution is -0.270. The molecule has 0 unspecified atom stereocenters. The van der Waals surface area contributed by atoms with Gasteiger partial charge in [-0.05, 0) is 43.2 Å². The van der Waals surface area contributed by atoms with Crippen LogP contribution in [0.4, 0.5) is 0 Å². The lowest BCUT2D eigenvalue weighted by Gasteiger charge is -2.34. The molecule has 1 fully saturated rings. The maximum atomic E-state index is 11.2. The maximum absolute atomic E-state index is 11.2. The zero-order valence-electron chi connectivity index (χ0n) is 17.5. The number of ether oxygens (including phenoxy) is 3. The molecule has 1 aromatic heterocycles. The number of aliphatic carboxylic acids is 1. The molecule has 3 aromatic rings. The first-order valence-corrected chi connectivity index (χ1v) is 10.2. The summed E-state index contributed by atoms with van der Waals surface area (Å²) in [7, 11) is 0. The van der Waals surface area contributed by atoms with Crippen molar-refractivity contribution in [3.8, 4) is 17.2 Å². The zero-order valence-corrected chi connectivity index (χ0v) is 17.5. The third-order valence-electron chi connectivity index (χ3n) is 5.31. The number of aromatic nitrogens is 1. The Morgan fingerprint density at radius 1 is 1.13 bits per heavy atom. The largest absolute Gasteiger partial charge is 0.487 e. The summed E-state index contributed by atoms with van der Waals surface area (Å²) in [6.07, 6.45) is 0.735. The molecule has 0 spiro atoms. The second-order valence-electron chi connectivity index (χ2n) is 7.76. The number of carboxylic acids is 1. The zero-order chi connectivity index (χ0) is 21.8. The average molecular weight is 423 g/mol. The van der Waals surface area contributed by atoms with E-state index in [1.54, 1.807) is 0 Å². The van der Waals surface area contributed by atoms with Gasteiger partial charge in [-0.1, -0.05) is 30.3 Å². The molecule has 2 heterocycles. The summed E-state index contributed by atoms with van der Waals surface area (Å²) in [5, 5.41) is 9.14. The van der Waals surface area contributed by atoms with Gasteiger partial charge in [-0.25, -0.2) is 9.78 Å². The summed E-state index contributed by atoms with van der Waals surface area (Å²) >= 11 is 0. The molecule has 1 aliphatic heterocycles. The molecular formula is C24H25NO6. The van der Waals surface area contributed by atoms with Gasteiger partial charge in [-0.3, -0.25) is 0 Å². The van der Waals surface area contributed by atoms with E-state index < -0.39 is 11.8 Å². The van der Waals surface area contributed by atoms with Crippen LogP contribution in [0.25, 0.3) is 11.5 Å². The van der Waals surface area contributed by atoms with Crippen molar-refractivity contribution >= 4 is 5.97 Å². The van der Waals surface area contributed by atoms with Gasteiger partial charge < -0.3 is 23.7 Å². The third-order valence-corrected chi connectivity index (χ3v) is 5.31. The lowest BCUT2D eigenvalue weighted by atomic mass is 9.99. The van der Waals surface area contributed by atoms with Crippen molar-refractivity contribution in [3.63, 3.8) is 0 Å². The van der Waals surface area contributed by atoms with Crippen molar-refractivity contribution in [2.24, 2.45) is 5.92 Å². The molecule has 7 nitrogen and oxygen atoms in total. The van der Waals surface area contributed by atoms with E-state index in [-0.39, 0.29) is 5.92 Å². The molecular weight excluding hydrogens is 398 g/mol. The van der Waals surface area contributed by atoms with Crippen LogP contribution in [0.15, 0.2) is 59.0 Å². The van der Waals surface area contributed by atoms with E-state index in [2.05, 4.69) is 4.98 Å². The molecule has 1 saturated heterocycles. The normalized spacial score (nSPS) is 21.0. The molecule has 31 heavy (non-hydrogen) atoms. The maximum Gasteiger partial charge on any atom is 0.364 e. The van der Waals surface area contributed by atoms with Crippen molar-refractivity contribution in [2.75, 3.05) is 13.2 Å². The molecule has 0 atom stereocenters. The quantitative estimate of drug-likeness (QED) is 0.608. The summed E-state index contributed by atoms with van der Waals surface area (Å²) in [6.45, 7) is 4.31. The summed E-state index contributed by atoms with van der Waals surface area (Å²) in [4.78, 5) is 15.7. The van der Waals surface area contributed by atoms with E-state index in [0.29, 0.717) is 25.7 Å². The molecule has 0 bridgehead atoms. The fourth-order valence-corrected chi connectivity index (χ4v) is 3.36. The molecule has 1 aliphatic rings. The number of hydrogen-bond donors (Lipinski definition) is 1. The first-order valence-electron chi connectivity index (χ1n) is 10.2. The van der Waals surface area contributed by atoms with E-state index in [4.69, 9.17) is 23.7 Å². The van der Waals surface area contributed by atoms with E-state index in [0.717, 1.165) is 34.8 Å². The van der Waals surface area contributed by atoms with Crippen LogP contribution in [0.1, 0.15) is 23.9 Å². The monoisotopic (exact) mass is 423 g/mol. The standard InChI is InChI=1S/C24H25NO6/c1-16-21(25-22(31-16)19-6-4-3-5-7-19)15-28-20-10-8-17(9-11-20)12-18-13-29-24(2,23(26)27)30-14-18/h3-11,18H,12-15H2,1-2H3,(H,26,27)/t18-,24+. The van der Waals surface area contributed by atoms with Crippen molar-refractivity contribution in [2.45, 2.75) is 32.7 Å². The Bertz CT molecular complexity index is 1020. The first kappa shape index (κ1) is 21.1. The van der Waals surface area contributed by atoms with Crippen LogP contribution in [0, 0.1) is 12.8 Å². The van der Waals surface area contributed by atoms with Gasteiger partial charge in [-0.2, -0.15) is 0 Å². The summed E-state index contributed by atoms with van der Waals surface area (Å²) in [5.74, 6) is -0.487. The van der Waals surface area contributed by atoms with Crippen LogP contribution >= 0.6 is 0 Å². The minimum absolute atomic E-state index is 0.105. The van der Waals surface area contributed by atoms with Gasteiger partial charge >= 0.3 is 5.97 Å². The Kier molecular flexibility index (Phi) is 6.06. The van der Waals surface area contributed by atoms with Crippen LogP contribution in [0.2, 0.25) is 0 Å². The fourth-order valence-electron chi connectivity index (χ4n) is 3.36. The summed E-state index contributed by atoms with van der Waals surface area (Å²) in [6, 6.07) is 17.6. The number of hydrogen-bond acceptors (Lipinski definition) is 6. The highest BCUT2D eigenvalue weighted by Gasteiger charge is 2.40. The molecule has 0 radical (unpaired) electrons. The lowest BCUT2D eigenvalue weighted by Crippen LogP contribution is -2.48. The van der Waals surface area contributed by atoms with Gasteiger partial charge in [0.1, 0.15) is 23.8 Å². The van der Waals surface area contributed by atoms with Crippen LogP contribution in [-0.4, -0.2) is 35.1 Å². The minimum atomic E-state index is -1.55. The predicted molar refractivity (Wildman–Crippen MR) is 113 cm³/mol. The predicted octanol–water partition coefficient (Wildman–Crippen LogP) is 4.24. The third kappa shape index (κ3) is 4.95. The van der Waals surface area contributed by atoms with Gasteiger partial charge in [0.25, 0.3) is 5.79 Å². The Morgan fingerprint density at radius 3 is 2.45 bits per heavy atom. The SMILES string of the molecule is Cc1oc(-c2ccccc2)nc1COc1ccc(C[C@H]2CO[C@@](C)(C(=O)O)OC2)cc1. The van der Waals surface area contributed by atoms with Gasteiger partial charge in [-0.15, -0.1) is 0 Å². The van der Waals surface area contributed by atoms with Crippen LogP contribution < -0.4 is 4.74 Å². The van der Waals surface area contributed by atoms with Crippen molar-refractivity contribution in [1.82, 2.24) is 4.98 Å². The van der Waals surface area contributed by atoms with Gasteiger partial charge in [0.05, 0.1) is 13.2 Å². The van der Waals surface area contributed by atoms with Crippen molar-refractivity contribution in [1.29, 1.82) is 0 Å². The number of aryl methyl sites for hydroxylation is 1.